The molecule has 1 saturated heterocycles. The first kappa shape index (κ1) is 14.9. The molecule has 1 unspecified atom stereocenters. The Kier molecular flexibility index (Phi) is 3.53. The van der Waals surface area contributed by atoms with Crippen molar-refractivity contribution in [2.45, 2.75) is 38.6 Å². The monoisotopic (exact) mass is 329 g/mol. The molecule has 1 fully saturated rings. The van der Waals surface area contributed by atoms with Crippen LogP contribution in [-0.4, -0.2) is 52.3 Å². The highest BCUT2D eigenvalue weighted by atomic mass is 32.2. The summed E-state index contributed by atoms with van der Waals surface area (Å²) in [5.41, 5.74) is -0.128. The zero-order valence-electron chi connectivity index (χ0n) is 12.3. The summed E-state index contributed by atoms with van der Waals surface area (Å²) < 4.78 is 25.1. The third kappa shape index (κ3) is 3.09. The summed E-state index contributed by atoms with van der Waals surface area (Å²) in [6.07, 6.45) is 0.608. The maximum atomic E-state index is 11.7. The van der Waals surface area contributed by atoms with E-state index >= 15 is 0 Å². The Morgan fingerprint density at radius 2 is 2.14 bits per heavy atom. The van der Waals surface area contributed by atoms with Crippen molar-refractivity contribution in [2.24, 2.45) is 0 Å². The van der Waals surface area contributed by atoms with Crippen LogP contribution >= 0.6 is 11.3 Å². The van der Waals surface area contributed by atoms with Crippen molar-refractivity contribution in [3.63, 3.8) is 0 Å². The van der Waals surface area contributed by atoms with Crippen molar-refractivity contribution >= 4 is 26.1 Å². The lowest BCUT2D eigenvalue weighted by Crippen LogP contribution is -2.46. The van der Waals surface area contributed by atoms with Crippen LogP contribution in [0.25, 0.3) is 4.96 Å². The largest absolute Gasteiger partial charge is 0.312 e. The van der Waals surface area contributed by atoms with Crippen molar-refractivity contribution in [1.29, 1.82) is 0 Å². The van der Waals surface area contributed by atoms with E-state index in [1.165, 1.54) is 11.3 Å². The van der Waals surface area contributed by atoms with Gasteiger partial charge >= 0.3 is 0 Å². The Labute approximate surface area is 127 Å². The molecule has 7 nitrogen and oxygen atoms in total. The van der Waals surface area contributed by atoms with Crippen LogP contribution in [-0.2, 0) is 21.7 Å². The van der Waals surface area contributed by atoms with Gasteiger partial charge in [-0.1, -0.05) is 32.1 Å². The summed E-state index contributed by atoms with van der Waals surface area (Å²) in [6.45, 7) is 6.72. The van der Waals surface area contributed by atoms with Gasteiger partial charge < -0.3 is 5.32 Å². The van der Waals surface area contributed by atoms with Gasteiger partial charge in [0.25, 0.3) is 0 Å². The van der Waals surface area contributed by atoms with Gasteiger partial charge in [-0.3, -0.25) is 0 Å². The van der Waals surface area contributed by atoms with E-state index in [4.69, 9.17) is 0 Å². The lowest BCUT2D eigenvalue weighted by Gasteiger charge is -2.22. The minimum absolute atomic E-state index is 0.0642. The molecule has 3 rings (SSSR count). The molecule has 3 heterocycles. The molecule has 116 valence electrons. The Bertz CT molecular complexity index is 756. The molecule has 21 heavy (non-hydrogen) atoms. The second-order valence-electron chi connectivity index (χ2n) is 6.43. The standard InChI is InChI=1S/C12H19N5O2S2/c1-12(2,3)10-14-15-11-17(10)16-9(20-11)6-8-7-21(18,19)5-4-13-8/h8,13H,4-7H2,1-3H3. The maximum absolute atomic E-state index is 11.7. The smallest absolute Gasteiger partial charge is 0.234 e. The molecule has 1 aliphatic heterocycles. The van der Waals surface area contributed by atoms with Crippen molar-refractivity contribution in [1.82, 2.24) is 25.1 Å². The van der Waals surface area contributed by atoms with Gasteiger partial charge in [0.2, 0.25) is 4.96 Å². The van der Waals surface area contributed by atoms with E-state index in [2.05, 4.69) is 41.4 Å². The predicted octanol–water partition coefficient (Wildman–Crippen LogP) is 0.412. The molecule has 0 bridgehead atoms. The third-order valence-corrected chi connectivity index (χ3v) is 6.08. The van der Waals surface area contributed by atoms with Crippen molar-refractivity contribution in [3.8, 4) is 0 Å². The second-order valence-corrected chi connectivity index (χ2v) is 9.70. The maximum Gasteiger partial charge on any atom is 0.234 e. The van der Waals surface area contributed by atoms with E-state index < -0.39 is 9.84 Å². The molecule has 0 amide bonds. The fourth-order valence-electron chi connectivity index (χ4n) is 2.42. The molecule has 0 spiro atoms. The SMILES string of the molecule is CC(C)(C)c1nnc2sc(CC3CS(=O)(=O)CCN3)nn12. The first-order chi connectivity index (χ1) is 9.74. The van der Waals surface area contributed by atoms with Gasteiger partial charge in [0, 0.05) is 24.4 Å². The normalized spacial score (nSPS) is 22.7. The average Bonchev–Trinajstić information content (AvgIpc) is 2.84. The summed E-state index contributed by atoms with van der Waals surface area (Å²) in [6, 6.07) is -0.0642. The third-order valence-electron chi connectivity index (χ3n) is 3.43. The van der Waals surface area contributed by atoms with Gasteiger partial charge in [-0.25, -0.2) is 8.42 Å². The molecule has 0 aliphatic carbocycles. The summed E-state index contributed by atoms with van der Waals surface area (Å²) in [5.74, 6) is 1.23. The molecule has 1 N–H and O–H groups in total. The van der Waals surface area contributed by atoms with Gasteiger partial charge in [-0.15, -0.1) is 10.2 Å². The van der Waals surface area contributed by atoms with Crippen LogP contribution in [0.3, 0.4) is 0 Å². The average molecular weight is 329 g/mol. The Morgan fingerprint density at radius 1 is 1.38 bits per heavy atom. The van der Waals surface area contributed by atoms with Crippen molar-refractivity contribution < 1.29 is 8.42 Å². The molecule has 0 saturated carbocycles. The van der Waals surface area contributed by atoms with Crippen molar-refractivity contribution in [3.05, 3.63) is 10.8 Å². The molecule has 0 radical (unpaired) electrons. The number of nitrogens with one attached hydrogen (secondary N) is 1. The van der Waals surface area contributed by atoms with Crippen LogP contribution in [0.2, 0.25) is 0 Å². The van der Waals surface area contributed by atoms with E-state index in [0.29, 0.717) is 13.0 Å². The molecule has 1 atom stereocenters. The number of fused-ring (bicyclic) bond motifs is 1. The highest BCUT2D eigenvalue weighted by Crippen LogP contribution is 2.24. The van der Waals surface area contributed by atoms with E-state index in [0.717, 1.165) is 15.8 Å². The molecular weight excluding hydrogens is 310 g/mol. The zero-order valence-corrected chi connectivity index (χ0v) is 14.0. The van der Waals surface area contributed by atoms with E-state index in [1.54, 1.807) is 4.52 Å². The van der Waals surface area contributed by atoms with E-state index in [9.17, 15) is 8.42 Å². The summed E-state index contributed by atoms with van der Waals surface area (Å²) in [7, 11) is -2.92. The molecule has 2 aromatic heterocycles. The minimum Gasteiger partial charge on any atom is -0.312 e. The lowest BCUT2D eigenvalue weighted by molar-refractivity contribution is 0.508. The number of aromatic nitrogens is 4. The summed E-state index contributed by atoms with van der Waals surface area (Å²) >= 11 is 1.47. The van der Waals surface area contributed by atoms with Crippen molar-refractivity contribution in [2.75, 3.05) is 18.1 Å². The number of hydrogen-bond acceptors (Lipinski definition) is 7. The zero-order chi connectivity index (χ0) is 15.3. The Hall–Kier alpha value is -1.06. The quantitative estimate of drug-likeness (QED) is 0.858. The van der Waals surface area contributed by atoms with E-state index in [-0.39, 0.29) is 23.0 Å². The van der Waals surface area contributed by atoms with Crippen LogP contribution in [0, 0.1) is 0 Å². The summed E-state index contributed by atoms with van der Waals surface area (Å²) in [4.78, 5) is 0.758. The molecule has 0 aromatic carbocycles. The fraction of sp³-hybridized carbons (Fsp3) is 0.750. The first-order valence-electron chi connectivity index (χ1n) is 6.90. The molecular formula is C12H19N5O2S2. The summed E-state index contributed by atoms with van der Waals surface area (Å²) in [5, 5.41) is 17.0. The topological polar surface area (TPSA) is 89.2 Å². The van der Waals surface area contributed by atoms with Gasteiger partial charge in [-0.05, 0) is 0 Å². The van der Waals surface area contributed by atoms with Gasteiger partial charge in [0.15, 0.2) is 15.7 Å². The highest BCUT2D eigenvalue weighted by Gasteiger charge is 2.27. The van der Waals surface area contributed by atoms with Crippen LogP contribution < -0.4 is 5.32 Å². The number of hydrogen-bond donors (Lipinski definition) is 1. The van der Waals surface area contributed by atoms with Crippen LogP contribution in [0.15, 0.2) is 0 Å². The molecule has 9 heteroatoms. The Morgan fingerprint density at radius 3 is 2.81 bits per heavy atom. The molecule has 1 aliphatic rings. The second kappa shape index (κ2) is 4.99. The fourth-order valence-corrected chi connectivity index (χ4v) is 4.77. The minimum atomic E-state index is -2.92. The van der Waals surface area contributed by atoms with Crippen LogP contribution in [0.5, 0.6) is 0 Å². The Balaban J connectivity index is 1.84. The molecule has 2 aromatic rings. The number of sulfone groups is 1. The first-order valence-corrected chi connectivity index (χ1v) is 9.54. The number of nitrogens with zero attached hydrogens (tertiary/aromatic N) is 4. The van der Waals surface area contributed by atoms with Crippen LogP contribution in [0.4, 0.5) is 0 Å². The van der Waals surface area contributed by atoms with Gasteiger partial charge in [-0.2, -0.15) is 9.61 Å². The number of rotatable bonds is 2. The van der Waals surface area contributed by atoms with Gasteiger partial charge in [0.1, 0.15) is 5.01 Å². The lowest BCUT2D eigenvalue weighted by atomic mass is 9.96. The van der Waals surface area contributed by atoms with Crippen LogP contribution in [0.1, 0.15) is 31.6 Å². The van der Waals surface area contributed by atoms with Gasteiger partial charge in [0.05, 0.1) is 11.5 Å². The van der Waals surface area contributed by atoms with E-state index in [1.807, 2.05) is 0 Å². The highest BCUT2D eigenvalue weighted by molar-refractivity contribution is 7.91. The predicted molar refractivity (Wildman–Crippen MR) is 81.5 cm³/mol.